The Morgan fingerprint density at radius 2 is 1.76 bits per heavy atom. The van der Waals surface area contributed by atoms with E-state index in [1.165, 1.54) is 78.6 Å². The molecule has 10 nitrogen and oxygen atoms in total. The summed E-state index contributed by atoms with van der Waals surface area (Å²) in [6, 6.07) is 11.9. The first kappa shape index (κ1) is 29.8. The molecule has 7 rings (SSSR count). The summed E-state index contributed by atoms with van der Waals surface area (Å²) in [6.07, 6.45) is 9.16. The van der Waals surface area contributed by atoms with E-state index in [9.17, 15) is 14.0 Å². The number of hydrogen-bond donors (Lipinski definition) is 1. The van der Waals surface area contributed by atoms with Crippen molar-refractivity contribution in [1.82, 2.24) is 24.3 Å². The molecule has 2 saturated heterocycles. The number of hydrogen-bond acceptors (Lipinski definition) is 7. The third-order valence-electron chi connectivity index (χ3n) is 8.15. The molecule has 236 valence electrons. The number of nitrogens with one attached hydrogen (secondary N) is 1. The molecule has 5 heterocycles. The van der Waals surface area contributed by atoms with Gasteiger partial charge in [-0.1, -0.05) is 0 Å². The number of thiophene rings is 1. The van der Waals surface area contributed by atoms with E-state index in [1.54, 1.807) is 12.3 Å². The zero-order valence-electron chi connectivity index (χ0n) is 24.9. The maximum absolute atomic E-state index is 15.2. The van der Waals surface area contributed by atoms with Crippen LogP contribution in [0.15, 0.2) is 73.3 Å². The number of aryl methyl sites for hydroxylation is 1. The predicted octanol–water partition coefficient (Wildman–Crippen LogP) is 7.19. The number of fused-ring (bicyclic) bond motifs is 1. The second kappa shape index (κ2) is 12.9. The van der Waals surface area contributed by atoms with E-state index in [1.807, 2.05) is 18.6 Å². The maximum Gasteiger partial charge on any atom is 0.332 e. The Kier molecular flexibility index (Phi) is 8.33. The van der Waals surface area contributed by atoms with E-state index in [0.29, 0.717) is 11.4 Å². The highest BCUT2D eigenvalue weighted by Gasteiger charge is 2.34. The van der Waals surface area contributed by atoms with Gasteiger partial charge >= 0.3 is 12.1 Å². The third-order valence-corrected chi connectivity index (χ3v) is 9.31. The molecule has 46 heavy (non-hydrogen) atoms. The first-order chi connectivity index (χ1) is 22.4. The first-order valence-electron chi connectivity index (χ1n) is 15.2. The summed E-state index contributed by atoms with van der Waals surface area (Å²) < 4.78 is 37.3. The van der Waals surface area contributed by atoms with Gasteiger partial charge in [-0.05, 0) is 81.4 Å². The number of benzene rings is 2. The summed E-state index contributed by atoms with van der Waals surface area (Å²) in [5.74, 6) is -0.685. The van der Waals surface area contributed by atoms with Crippen molar-refractivity contribution >= 4 is 45.0 Å². The van der Waals surface area contributed by atoms with Gasteiger partial charge in [0, 0.05) is 49.0 Å². The Morgan fingerprint density at radius 1 is 0.935 bits per heavy atom. The van der Waals surface area contributed by atoms with Crippen molar-refractivity contribution in [3.8, 4) is 22.1 Å². The lowest BCUT2D eigenvalue weighted by molar-refractivity contribution is 0.209. The van der Waals surface area contributed by atoms with Gasteiger partial charge in [-0.3, -0.25) is 9.88 Å². The van der Waals surface area contributed by atoms with Gasteiger partial charge in [0.2, 0.25) is 0 Å². The van der Waals surface area contributed by atoms with Gasteiger partial charge in [0.15, 0.2) is 11.6 Å². The Morgan fingerprint density at radius 3 is 2.57 bits per heavy atom. The molecule has 2 aliphatic heterocycles. The molecule has 13 heteroatoms. The zero-order chi connectivity index (χ0) is 31.6. The third kappa shape index (κ3) is 6.28. The smallest absolute Gasteiger partial charge is 0.332 e. The molecule has 0 saturated carbocycles. The number of carbonyl (C=O) groups is 2. The summed E-state index contributed by atoms with van der Waals surface area (Å²) in [4.78, 5) is 40.6. The summed E-state index contributed by atoms with van der Waals surface area (Å²) in [5, 5.41) is 2.57. The number of ether oxygens (including phenoxy) is 1. The van der Waals surface area contributed by atoms with Crippen LogP contribution < -0.4 is 15.0 Å². The fourth-order valence-corrected chi connectivity index (χ4v) is 6.80. The van der Waals surface area contributed by atoms with Gasteiger partial charge in [0.25, 0.3) is 0 Å². The van der Waals surface area contributed by atoms with Gasteiger partial charge in [-0.15, -0.1) is 11.3 Å². The minimum Gasteiger partial charge on any atom is -0.453 e. The summed E-state index contributed by atoms with van der Waals surface area (Å²) in [6.45, 7) is 4.77. The highest BCUT2D eigenvalue weighted by atomic mass is 32.1. The number of nitrogens with zero attached hydrogens (tertiary/aromatic N) is 6. The largest absolute Gasteiger partial charge is 0.453 e. The number of urea groups is 2. The molecule has 0 unspecified atom stereocenters. The fraction of sp³-hybridized carbons (Fsp3) is 0.273. The summed E-state index contributed by atoms with van der Waals surface area (Å²) in [7, 11) is 0. The first-order valence-corrected chi connectivity index (χ1v) is 16.0. The number of amides is 4. The van der Waals surface area contributed by atoms with Crippen LogP contribution in [0.3, 0.4) is 0 Å². The van der Waals surface area contributed by atoms with Crippen LogP contribution in [0.4, 0.5) is 29.7 Å². The van der Waals surface area contributed by atoms with Gasteiger partial charge < -0.3 is 19.5 Å². The Bertz CT molecular complexity index is 1890. The molecule has 0 radical (unpaired) electrons. The van der Waals surface area contributed by atoms with Gasteiger partial charge in [-0.2, -0.15) is 0 Å². The molecule has 2 fully saturated rings. The number of aromatic nitrogens is 3. The maximum atomic E-state index is 15.2. The number of carbonyl (C=O) groups excluding carboxylic acids is 2. The second-order valence-electron chi connectivity index (χ2n) is 11.3. The number of pyridine rings is 1. The van der Waals surface area contributed by atoms with Crippen LogP contribution in [0.5, 0.6) is 11.5 Å². The lowest BCUT2D eigenvalue weighted by atomic mass is 10.3. The van der Waals surface area contributed by atoms with Crippen molar-refractivity contribution in [2.24, 2.45) is 0 Å². The van der Waals surface area contributed by atoms with E-state index >= 15 is 4.39 Å². The summed E-state index contributed by atoms with van der Waals surface area (Å²) in [5.41, 5.74) is 2.21. The Labute approximate surface area is 267 Å². The monoisotopic (exact) mass is 643 g/mol. The van der Waals surface area contributed by atoms with Crippen LogP contribution in [-0.2, 0) is 6.54 Å². The Balaban J connectivity index is 0.997. The van der Waals surface area contributed by atoms with Crippen LogP contribution in [0.2, 0.25) is 0 Å². The number of halogens is 2. The molecule has 2 aliphatic rings. The van der Waals surface area contributed by atoms with E-state index in [2.05, 4.69) is 24.8 Å². The van der Waals surface area contributed by atoms with Crippen molar-refractivity contribution in [3.05, 3.63) is 85.0 Å². The van der Waals surface area contributed by atoms with Gasteiger partial charge in [-0.25, -0.2) is 28.3 Å². The minimum absolute atomic E-state index is 0.0255. The molecular weight excluding hydrogens is 612 g/mol. The van der Waals surface area contributed by atoms with E-state index in [0.717, 1.165) is 51.3 Å². The number of anilines is 2. The number of rotatable bonds is 9. The molecule has 1 N–H and O–H groups in total. The van der Waals surface area contributed by atoms with Gasteiger partial charge in [0.05, 0.1) is 33.7 Å². The van der Waals surface area contributed by atoms with Crippen molar-refractivity contribution in [2.45, 2.75) is 25.8 Å². The van der Waals surface area contributed by atoms with E-state index < -0.39 is 23.7 Å². The lowest BCUT2D eigenvalue weighted by Crippen LogP contribution is -2.39. The molecule has 3 aromatic heterocycles. The van der Waals surface area contributed by atoms with Gasteiger partial charge in [0.1, 0.15) is 11.6 Å². The van der Waals surface area contributed by atoms with Crippen LogP contribution in [0.1, 0.15) is 19.3 Å². The molecular formula is C33H31F2N7O3S. The highest BCUT2D eigenvalue weighted by molar-refractivity contribution is 7.22. The van der Waals surface area contributed by atoms with Crippen molar-refractivity contribution in [2.75, 3.05) is 42.9 Å². The molecule has 0 bridgehead atoms. The quantitative estimate of drug-likeness (QED) is 0.183. The SMILES string of the molecule is O=C(Nc1ccc(Oc2ccnc3cc(-c4cn(CCCN5CCCC5)cn4)sc23)c(F)c1)N1CCN(c2ccc(F)cc2)C1=O. The average molecular weight is 644 g/mol. The highest BCUT2D eigenvalue weighted by Crippen LogP contribution is 2.39. The normalized spacial score (nSPS) is 15.3. The number of likely N-dealkylation sites (tertiary alicyclic amines) is 1. The van der Waals surface area contributed by atoms with Crippen molar-refractivity contribution in [1.29, 1.82) is 0 Å². The minimum atomic E-state index is -0.696. The molecule has 2 aromatic carbocycles. The summed E-state index contributed by atoms with van der Waals surface area (Å²) >= 11 is 1.47. The fourth-order valence-electron chi connectivity index (χ4n) is 5.77. The topological polar surface area (TPSA) is 95.8 Å². The van der Waals surface area contributed by atoms with E-state index in [-0.39, 0.29) is 24.5 Å². The van der Waals surface area contributed by atoms with Crippen molar-refractivity contribution in [3.63, 3.8) is 0 Å². The standard InChI is InChI=1S/C33H31F2N7O3S/c34-22-4-7-24(8-5-22)41-16-17-42(33(41)44)32(43)38-23-6-9-28(25(35)18-23)45-29-10-11-36-26-19-30(46-31(26)29)27-20-40(21-37-27)15-3-14-39-12-1-2-13-39/h4-11,18-21H,1-3,12-17H2,(H,38,43). The van der Waals surface area contributed by atoms with Crippen LogP contribution in [-0.4, -0.2) is 69.1 Å². The number of imide groups is 1. The zero-order valence-corrected chi connectivity index (χ0v) is 25.7. The van der Waals surface area contributed by atoms with E-state index in [4.69, 9.17) is 4.74 Å². The molecule has 0 spiro atoms. The molecule has 5 aromatic rings. The van der Waals surface area contributed by atoms with Crippen LogP contribution in [0.25, 0.3) is 20.8 Å². The lowest BCUT2D eigenvalue weighted by Gasteiger charge is -2.18. The average Bonchev–Trinajstić information content (AvgIpc) is 3.87. The second-order valence-corrected chi connectivity index (χ2v) is 12.3. The van der Waals surface area contributed by atoms with Crippen molar-refractivity contribution < 1.29 is 23.1 Å². The molecule has 4 amide bonds. The predicted molar refractivity (Wildman–Crippen MR) is 172 cm³/mol. The number of imidazole rings is 1. The van der Waals surface area contributed by atoms with Crippen LogP contribution >= 0.6 is 11.3 Å². The Hall–Kier alpha value is -4.88. The molecule has 0 aliphatic carbocycles. The molecule has 0 atom stereocenters. The van der Waals surface area contributed by atoms with Crippen LogP contribution in [0, 0.1) is 11.6 Å².